The topological polar surface area (TPSA) is 3.24 Å². The van der Waals surface area contributed by atoms with E-state index in [1.54, 1.807) is 0 Å². The first-order valence-electron chi connectivity index (χ1n) is 21.6. The summed E-state index contributed by atoms with van der Waals surface area (Å²) in [6.45, 7) is 4.70. The van der Waals surface area contributed by atoms with E-state index in [1.165, 1.54) is 88.7 Å². The van der Waals surface area contributed by atoms with Gasteiger partial charge in [0, 0.05) is 22.5 Å². The molecule has 0 heterocycles. The van der Waals surface area contributed by atoms with Crippen LogP contribution in [0.5, 0.6) is 0 Å². The summed E-state index contributed by atoms with van der Waals surface area (Å²) in [4.78, 5) is 2.37. The average molecular weight is 792 g/mol. The molecule has 0 radical (unpaired) electrons. The summed E-state index contributed by atoms with van der Waals surface area (Å²) in [5, 5.41) is 2.52. The van der Waals surface area contributed by atoms with E-state index in [0.29, 0.717) is 0 Å². The molecule has 1 nitrogen and oxygen atoms in total. The summed E-state index contributed by atoms with van der Waals surface area (Å²) >= 11 is 0. The lowest BCUT2D eigenvalue weighted by molar-refractivity contribution is 0.660. The van der Waals surface area contributed by atoms with Crippen molar-refractivity contribution in [3.8, 4) is 66.8 Å². The van der Waals surface area contributed by atoms with Crippen molar-refractivity contribution in [3.63, 3.8) is 0 Å². The molecular formula is C61H45N. The lowest BCUT2D eigenvalue weighted by Crippen LogP contribution is -2.14. The normalized spacial score (nSPS) is 12.5. The van der Waals surface area contributed by atoms with Crippen LogP contribution in [0.25, 0.3) is 77.5 Å². The van der Waals surface area contributed by atoms with Gasteiger partial charge in [0.1, 0.15) is 0 Å². The molecule has 62 heavy (non-hydrogen) atoms. The molecule has 0 spiro atoms. The van der Waals surface area contributed by atoms with E-state index in [-0.39, 0.29) is 5.41 Å². The quantitative estimate of drug-likeness (QED) is 0.148. The molecule has 11 rings (SSSR count). The van der Waals surface area contributed by atoms with Gasteiger partial charge in [0.25, 0.3) is 0 Å². The first-order chi connectivity index (χ1) is 30.5. The van der Waals surface area contributed by atoms with Crippen LogP contribution in [0, 0.1) is 0 Å². The summed E-state index contributed by atoms with van der Waals surface area (Å²) in [6, 6.07) is 86.5. The SMILES string of the molecule is CC1(C)c2ccccc2-c2ccc(-c3ccc(N(c4ccc(-c5ccc(-c6ccccc6)cc5)cc4)c4ccc(-c5cccc(-c6cccc7ccccc67)c5)cc4)cc3)cc21. The molecule has 0 saturated heterocycles. The minimum absolute atomic E-state index is 0.0435. The molecule has 10 aromatic carbocycles. The van der Waals surface area contributed by atoms with Gasteiger partial charge in [-0.3, -0.25) is 0 Å². The highest BCUT2D eigenvalue weighted by Gasteiger charge is 2.35. The molecule has 0 saturated carbocycles. The van der Waals surface area contributed by atoms with Crippen molar-refractivity contribution in [2.24, 2.45) is 0 Å². The van der Waals surface area contributed by atoms with Gasteiger partial charge in [-0.05, 0) is 137 Å². The van der Waals surface area contributed by atoms with E-state index in [4.69, 9.17) is 0 Å². The Morgan fingerprint density at radius 1 is 0.274 bits per heavy atom. The summed E-state index contributed by atoms with van der Waals surface area (Å²) in [5.74, 6) is 0. The minimum atomic E-state index is -0.0435. The molecule has 0 N–H and O–H groups in total. The maximum atomic E-state index is 2.40. The lowest BCUT2D eigenvalue weighted by atomic mass is 9.81. The second-order valence-electron chi connectivity index (χ2n) is 17.0. The summed E-state index contributed by atoms with van der Waals surface area (Å²) in [7, 11) is 0. The molecule has 0 atom stereocenters. The molecule has 0 unspecified atom stereocenters. The van der Waals surface area contributed by atoms with Gasteiger partial charge in [0.15, 0.2) is 0 Å². The fourth-order valence-electron chi connectivity index (χ4n) is 9.57. The van der Waals surface area contributed by atoms with Crippen LogP contribution in [-0.4, -0.2) is 0 Å². The largest absolute Gasteiger partial charge is 0.311 e. The van der Waals surface area contributed by atoms with Crippen molar-refractivity contribution in [1.82, 2.24) is 0 Å². The molecule has 0 amide bonds. The Kier molecular flexibility index (Phi) is 9.24. The van der Waals surface area contributed by atoms with Crippen molar-refractivity contribution in [3.05, 3.63) is 248 Å². The van der Waals surface area contributed by atoms with E-state index in [9.17, 15) is 0 Å². The van der Waals surface area contributed by atoms with E-state index in [0.717, 1.165) is 17.1 Å². The first kappa shape index (κ1) is 37.3. The Hall–Kier alpha value is -7.74. The van der Waals surface area contributed by atoms with Gasteiger partial charge in [-0.2, -0.15) is 0 Å². The molecule has 0 fully saturated rings. The number of nitrogens with zero attached hydrogens (tertiary/aromatic N) is 1. The van der Waals surface area contributed by atoms with E-state index >= 15 is 0 Å². The lowest BCUT2D eigenvalue weighted by Gasteiger charge is -2.26. The molecule has 0 aromatic heterocycles. The number of anilines is 3. The number of hydrogen-bond acceptors (Lipinski definition) is 1. The predicted octanol–water partition coefficient (Wildman–Crippen LogP) is 17.0. The zero-order valence-corrected chi connectivity index (χ0v) is 35.0. The fourth-order valence-corrected chi connectivity index (χ4v) is 9.57. The zero-order chi connectivity index (χ0) is 41.6. The number of rotatable bonds is 8. The van der Waals surface area contributed by atoms with Crippen molar-refractivity contribution >= 4 is 27.8 Å². The summed E-state index contributed by atoms with van der Waals surface area (Å²) in [5.41, 5.74) is 20.9. The van der Waals surface area contributed by atoms with Crippen molar-refractivity contribution < 1.29 is 0 Å². The van der Waals surface area contributed by atoms with E-state index < -0.39 is 0 Å². The third kappa shape index (κ3) is 6.69. The average Bonchev–Trinajstić information content (AvgIpc) is 3.57. The first-order valence-corrected chi connectivity index (χ1v) is 21.6. The van der Waals surface area contributed by atoms with Crippen LogP contribution in [0.4, 0.5) is 17.1 Å². The van der Waals surface area contributed by atoms with Crippen LogP contribution in [0.2, 0.25) is 0 Å². The van der Waals surface area contributed by atoms with Crippen LogP contribution in [-0.2, 0) is 5.41 Å². The maximum Gasteiger partial charge on any atom is 0.0462 e. The van der Waals surface area contributed by atoms with Gasteiger partial charge < -0.3 is 4.90 Å². The van der Waals surface area contributed by atoms with Gasteiger partial charge in [0.2, 0.25) is 0 Å². The second kappa shape index (κ2) is 15.4. The van der Waals surface area contributed by atoms with Crippen molar-refractivity contribution in [2.75, 3.05) is 4.90 Å². The fraction of sp³-hybridized carbons (Fsp3) is 0.0492. The smallest absolute Gasteiger partial charge is 0.0462 e. The molecule has 1 heteroatoms. The molecule has 0 bridgehead atoms. The van der Waals surface area contributed by atoms with Crippen LogP contribution in [0.1, 0.15) is 25.0 Å². The van der Waals surface area contributed by atoms with Crippen molar-refractivity contribution in [1.29, 1.82) is 0 Å². The second-order valence-corrected chi connectivity index (χ2v) is 17.0. The predicted molar refractivity (Wildman–Crippen MR) is 263 cm³/mol. The molecule has 10 aromatic rings. The van der Waals surface area contributed by atoms with Crippen LogP contribution in [0.3, 0.4) is 0 Å². The molecule has 0 aliphatic heterocycles. The monoisotopic (exact) mass is 791 g/mol. The molecule has 294 valence electrons. The molecule has 1 aliphatic rings. The molecule has 1 aliphatic carbocycles. The Bertz CT molecular complexity index is 3210. The van der Waals surface area contributed by atoms with Crippen LogP contribution < -0.4 is 4.90 Å². The number of fused-ring (bicyclic) bond motifs is 4. The van der Waals surface area contributed by atoms with Gasteiger partial charge in [-0.15, -0.1) is 0 Å². The number of benzene rings is 10. The Labute approximate surface area is 364 Å². The van der Waals surface area contributed by atoms with Crippen LogP contribution in [0.15, 0.2) is 237 Å². The van der Waals surface area contributed by atoms with Crippen molar-refractivity contribution in [2.45, 2.75) is 19.3 Å². The minimum Gasteiger partial charge on any atom is -0.311 e. The van der Waals surface area contributed by atoms with Gasteiger partial charge in [0.05, 0.1) is 0 Å². The highest BCUT2D eigenvalue weighted by Crippen LogP contribution is 2.49. The third-order valence-corrected chi connectivity index (χ3v) is 12.9. The third-order valence-electron chi connectivity index (χ3n) is 12.9. The van der Waals surface area contributed by atoms with Crippen LogP contribution >= 0.6 is 0 Å². The van der Waals surface area contributed by atoms with E-state index in [1.807, 2.05) is 0 Å². The Balaban J connectivity index is 0.934. The van der Waals surface area contributed by atoms with E-state index in [2.05, 4.69) is 255 Å². The summed E-state index contributed by atoms with van der Waals surface area (Å²) in [6.07, 6.45) is 0. The maximum absolute atomic E-state index is 2.40. The van der Waals surface area contributed by atoms with Gasteiger partial charge in [-0.25, -0.2) is 0 Å². The Morgan fingerprint density at radius 3 is 1.32 bits per heavy atom. The highest BCUT2D eigenvalue weighted by molar-refractivity contribution is 5.97. The standard InChI is InChI=1S/C61H45N/c1-61(2)59-21-9-8-19-57(59)58-39-32-50(41-60(58)61)47-30-37-54(38-31-47)62(52-33-26-45(27-34-52)44-24-22-43(23-25-44)42-12-4-3-5-13-42)53-35-28-46(29-36-53)49-16-10-17-51(40-49)56-20-11-15-48-14-6-7-18-55(48)56/h3-41H,1-2H3. The van der Waals surface area contributed by atoms with Gasteiger partial charge in [-0.1, -0.05) is 202 Å². The highest BCUT2D eigenvalue weighted by atomic mass is 15.1. The summed E-state index contributed by atoms with van der Waals surface area (Å²) < 4.78 is 0. The molecular weight excluding hydrogens is 747 g/mol. The Morgan fingerprint density at radius 2 is 0.677 bits per heavy atom. The van der Waals surface area contributed by atoms with Gasteiger partial charge >= 0.3 is 0 Å². The number of hydrogen-bond donors (Lipinski definition) is 0. The zero-order valence-electron chi connectivity index (χ0n) is 35.0.